The number of nitrogens with zero attached hydrogens (tertiary/aromatic N) is 1. The van der Waals surface area contributed by atoms with Gasteiger partial charge in [0.25, 0.3) is 0 Å². The Bertz CT molecular complexity index is 1530. The number of unbranched alkanes of at least 4 members (excludes halogenated alkanes) is 14. The molecule has 16 heteroatoms. The molecule has 71 heavy (non-hydrogen) atoms. The van der Waals surface area contributed by atoms with Crippen LogP contribution in [0.1, 0.15) is 205 Å². The number of carboxylic acids is 1. The first-order valence-corrected chi connectivity index (χ1v) is 27.5. The third-order valence-corrected chi connectivity index (χ3v) is 15.8. The van der Waals surface area contributed by atoms with Crippen LogP contribution in [0.2, 0.25) is 0 Å². The van der Waals surface area contributed by atoms with Crippen LogP contribution >= 0.6 is 0 Å². The number of carbonyl (C=O) groups is 3. The molecule has 3 rings (SSSR count). The van der Waals surface area contributed by atoms with Crippen molar-refractivity contribution in [3.05, 3.63) is 0 Å². The SMILES string of the molecule is CCCCCCCCCCCCCCCCCC(=O)O.CC[C@@H]1OC(=O)[C@@H](C)[C@H](O[C@H]2C[C@@](C)(OC)[C@@H](O)[C@H](C)O2)[C@H](C)[C@H](O[C@@H]2O[C@H](C)C[C@H](N(C)C)[C@H]2O)[C@@](C)(O)C[C@H](C)C(=O)C(C)[C@@H](O)C1(C)O. The van der Waals surface area contributed by atoms with Crippen LogP contribution in [0, 0.1) is 23.7 Å². The molecule has 6 N–H and O–H groups in total. The Balaban J connectivity index is 0.000000725. The number of aliphatic carboxylic acids is 1. The zero-order valence-electron chi connectivity index (χ0n) is 46.6. The van der Waals surface area contributed by atoms with Crippen molar-refractivity contribution >= 4 is 17.7 Å². The van der Waals surface area contributed by atoms with E-state index in [1.54, 1.807) is 41.5 Å². The van der Waals surface area contributed by atoms with Crippen molar-refractivity contribution in [2.75, 3.05) is 21.2 Å². The number of rotatable bonds is 23. The maximum Gasteiger partial charge on any atom is 0.311 e. The quantitative estimate of drug-likeness (QED) is 0.0419. The van der Waals surface area contributed by atoms with Crippen molar-refractivity contribution in [2.45, 2.75) is 289 Å². The molecule has 18 atom stereocenters. The molecule has 0 aromatic carbocycles. The normalized spacial score (nSPS) is 38.8. The summed E-state index contributed by atoms with van der Waals surface area (Å²) in [5.74, 6) is -5.63. The van der Waals surface area contributed by atoms with E-state index in [9.17, 15) is 39.9 Å². The van der Waals surface area contributed by atoms with Gasteiger partial charge in [-0.25, -0.2) is 0 Å². The van der Waals surface area contributed by atoms with Gasteiger partial charge in [0, 0.05) is 43.7 Å². The minimum Gasteiger partial charge on any atom is -0.481 e. The Morgan fingerprint density at radius 2 is 1.25 bits per heavy atom. The van der Waals surface area contributed by atoms with Gasteiger partial charge < -0.3 is 64.0 Å². The van der Waals surface area contributed by atoms with Crippen LogP contribution in [-0.4, -0.2) is 159 Å². The van der Waals surface area contributed by atoms with E-state index >= 15 is 0 Å². The summed E-state index contributed by atoms with van der Waals surface area (Å²) in [6, 6.07) is -0.324. The highest BCUT2D eigenvalue weighted by Crippen LogP contribution is 2.41. The fraction of sp³-hybridized carbons (Fsp3) is 0.945. The summed E-state index contributed by atoms with van der Waals surface area (Å²) < 4.78 is 37.1. The summed E-state index contributed by atoms with van der Waals surface area (Å²) in [6.07, 6.45) is 10.5. The lowest BCUT2D eigenvalue weighted by Crippen LogP contribution is -2.61. The third-order valence-electron chi connectivity index (χ3n) is 15.8. The average molecular weight is 1020 g/mol. The molecule has 0 spiro atoms. The van der Waals surface area contributed by atoms with Gasteiger partial charge >= 0.3 is 11.9 Å². The Kier molecular flexibility index (Phi) is 28.8. The molecule has 2 unspecified atom stereocenters. The van der Waals surface area contributed by atoms with E-state index in [-0.39, 0.29) is 31.4 Å². The van der Waals surface area contributed by atoms with Gasteiger partial charge in [0.05, 0.1) is 47.6 Å². The van der Waals surface area contributed by atoms with E-state index in [0.717, 1.165) is 12.8 Å². The second-order valence-corrected chi connectivity index (χ2v) is 22.6. The predicted octanol–water partition coefficient (Wildman–Crippen LogP) is 8.12. The molecule has 418 valence electrons. The van der Waals surface area contributed by atoms with Crippen molar-refractivity contribution in [1.29, 1.82) is 0 Å². The number of cyclic esters (lactones) is 1. The molecule has 16 nitrogen and oxygen atoms in total. The Morgan fingerprint density at radius 3 is 1.73 bits per heavy atom. The summed E-state index contributed by atoms with van der Waals surface area (Å²) in [5.41, 5.74) is -4.84. The number of aliphatic hydroxyl groups is 5. The standard InChI is InChI=1S/C37H67NO13.C18H36O2/c1-14-25-37(10,45)30(41)20(4)27(39)18(2)16-35(8,44)32(51-34-28(40)24(38(11)12)15-19(3)47-34)21(5)29(22(6)33(43)49-25)50-26-17-36(9,46-13)31(42)23(7)48-26;1-2-3-4-5-6-7-8-9-10-11-12-13-14-15-16-17-18(19)20/h18-26,28-32,34,40-42,44-45H,14-17H2,1-13H3;2-17H2,1H3,(H,19,20)/t18-,19+,20?,21-,22-,23-,24-,25-,26-,28+,29+,30+,31-,32-,34-,35-,36+,37?;/m0./s1. The van der Waals surface area contributed by atoms with E-state index in [1.807, 2.05) is 25.9 Å². The van der Waals surface area contributed by atoms with Gasteiger partial charge in [0.2, 0.25) is 0 Å². The van der Waals surface area contributed by atoms with E-state index in [0.29, 0.717) is 12.8 Å². The molecule has 0 radical (unpaired) electrons. The smallest absolute Gasteiger partial charge is 0.311 e. The van der Waals surface area contributed by atoms with Crippen LogP contribution in [-0.2, 0) is 42.8 Å². The zero-order chi connectivity index (χ0) is 53.9. The van der Waals surface area contributed by atoms with Crippen molar-refractivity contribution in [3.63, 3.8) is 0 Å². The summed E-state index contributed by atoms with van der Waals surface area (Å²) >= 11 is 0. The Morgan fingerprint density at radius 1 is 0.732 bits per heavy atom. The van der Waals surface area contributed by atoms with Crippen molar-refractivity contribution in [1.82, 2.24) is 4.90 Å². The van der Waals surface area contributed by atoms with Gasteiger partial charge in [-0.2, -0.15) is 0 Å². The van der Waals surface area contributed by atoms with E-state index in [1.165, 1.54) is 111 Å². The van der Waals surface area contributed by atoms with Crippen molar-refractivity contribution < 1.29 is 73.4 Å². The van der Waals surface area contributed by atoms with Gasteiger partial charge in [0.1, 0.15) is 29.7 Å². The first-order valence-electron chi connectivity index (χ1n) is 27.5. The van der Waals surface area contributed by atoms with Crippen LogP contribution in [0.4, 0.5) is 0 Å². The molecule has 0 aromatic rings. The number of aliphatic hydroxyl groups excluding tert-OH is 3. The lowest BCUT2D eigenvalue weighted by Gasteiger charge is -2.49. The highest BCUT2D eigenvalue weighted by molar-refractivity contribution is 5.83. The maximum absolute atomic E-state index is 14.1. The van der Waals surface area contributed by atoms with Gasteiger partial charge in [0.15, 0.2) is 12.6 Å². The van der Waals surface area contributed by atoms with Crippen molar-refractivity contribution in [3.8, 4) is 0 Å². The second kappa shape index (κ2) is 31.3. The summed E-state index contributed by atoms with van der Waals surface area (Å²) in [4.78, 5) is 40.1. The minimum atomic E-state index is -1.99. The second-order valence-electron chi connectivity index (χ2n) is 22.6. The number of hydrogen-bond acceptors (Lipinski definition) is 15. The molecule has 3 fully saturated rings. The fourth-order valence-electron chi connectivity index (χ4n) is 11.1. The fourth-order valence-corrected chi connectivity index (χ4v) is 11.1. The maximum atomic E-state index is 14.1. The lowest BCUT2D eigenvalue weighted by atomic mass is 9.74. The summed E-state index contributed by atoms with van der Waals surface area (Å²) in [6.45, 7) is 18.6. The van der Waals surface area contributed by atoms with Crippen LogP contribution < -0.4 is 0 Å². The van der Waals surface area contributed by atoms with E-state index in [4.69, 9.17) is 33.5 Å². The number of methoxy groups -OCH3 is 1. The van der Waals surface area contributed by atoms with Crippen LogP contribution in [0.3, 0.4) is 0 Å². The number of likely N-dealkylation sites (N-methyl/N-ethyl adjacent to an activating group) is 1. The number of ketones is 1. The first-order chi connectivity index (χ1) is 33.2. The van der Waals surface area contributed by atoms with E-state index in [2.05, 4.69) is 6.92 Å². The van der Waals surface area contributed by atoms with Crippen LogP contribution in [0.25, 0.3) is 0 Å². The zero-order valence-corrected chi connectivity index (χ0v) is 46.6. The van der Waals surface area contributed by atoms with E-state index < -0.39 is 114 Å². The van der Waals surface area contributed by atoms with Gasteiger partial charge in [-0.3, -0.25) is 14.4 Å². The number of hydrogen-bond donors (Lipinski definition) is 6. The first kappa shape index (κ1) is 65.3. The Labute approximate surface area is 428 Å². The number of carboxylic acid groups (broad SMARTS) is 1. The Hall–Kier alpha value is -1.83. The number of carbonyl (C=O) groups excluding carboxylic acids is 2. The minimum absolute atomic E-state index is 0.0936. The summed E-state index contributed by atoms with van der Waals surface area (Å²) in [7, 11) is 5.18. The molecule has 3 aliphatic heterocycles. The number of ether oxygens (including phenoxy) is 6. The van der Waals surface area contributed by atoms with Crippen LogP contribution in [0.5, 0.6) is 0 Å². The number of esters is 1. The molecular formula is C55H103NO15. The molecule has 0 aliphatic carbocycles. The predicted molar refractivity (Wildman–Crippen MR) is 273 cm³/mol. The lowest BCUT2D eigenvalue weighted by molar-refractivity contribution is -0.318. The van der Waals surface area contributed by atoms with Gasteiger partial charge in [-0.05, 0) is 81.3 Å². The summed E-state index contributed by atoms with van der Waals surface area (Å²) in [5, 5.41) is 66.1. The van der Waals surface area contributed by atoms with Gasteiger partial charge in [-0.1, -0.05) is 125 Å². The van der Waals surface area contributed by atoms with Crippen LogP contribution in [0.15, 0.2) is 0 Å². The highest BCUT2D eigenvalue weighted by Gasteiger charge is 2.53. The molecule has 3 heterocycles. The molecule has 0 bridgehead atoms. The third kappa shape index (κ3) is 20.0. The van der Waals surface area contributed by atoms with Crippen molar-refractivity contribution in [2.24, 2.45) is 23.7 Å². The molecule has 0 aromatic heterocycles. The highest BCUT2D eigenvalue weighted by atomic mass is 16.7. The van der Waals surface area contributed by atoms with Gasteiger partial charge in [-0.15, -0.1) is 0 Å². The molecular weight excluding hydrogens is 915 g/mol. The molecule has 3 saturated heterocycles. The topological polar surface area (TPSA) is 231 Å². The average Bonchev–Trinajstić information content (AvgIpc) is 3.31. The monoisotopic (exact) mass is 1020 g/mol. The largest absolute Gasteiger partial charge is 0.481 e. The molecule has 0 saturated carbocycles. The number of Topliss-reactive ketones (excluding diaryl/α,β-unsaturated/α-hetero) is 1. The molecule has 0 amide bonds. The molecule has 3 aliphatic rings.